The summed E-state index contributed by atoms with van der Waals surface area (Å²) in [6.45, 7) is 8.90. The molecule has 2 aromatic carbocycles. The van der Waals surface area contributed by atoms with Crippen molar-refractivity contribution in [2.24, 2.45) is 0 Å². The van der Waals surface area contributed by atoms with Gasteiger partial charge in [0.25, 0.3) is 0 Å². The van der Waals surface area contributed by atoms with E-state index in [0.29, 0.717) is 23.7 Å². The third-order valence-corrected chi connectivity index (χ3v) is 8.32. The van der Waals surface area contributed by atoms with Crippen LogP contribution in [0.25, 0.3) is 0 Å². The Bertz CT molecular complexity index is 1100. The van der Waals surface area contributed by atoms with E-state index in [2.05, 4.69) is 10.6 Å². The third-order valence-electron chi connectivity index (χ3n) is 6.14. The quantitative estimate of drug-likeness (QED) is 0.675. The van der Waals surface area contributed by atoms with Crippen molar-refractivity contribution < 1.29 is 18.0 Å². The van der Waals surface area contributed by atoms with Gasteiger partial charge in [-0.3, -0.25) is 4.79 Å². The highest BCUT2D eigenvalue weighted by molar-refractivity contribution is 7.89. The molecule has 0 unspecified atom stereocenters. The van der Waals surface area contributed by atoms with Gasteiger partial charge >= 0.3 is 6.03 Å². The van der Waals surface area contributed by atoms with Crippen LogP contribution in [0.4, 0.5) is 10.5 Å². The second kappa shape index (κ2) is 10.4. The second-order valence-electron chi connectivity index (χ2n) is 8.37. The fourth-order valence-corrected chi connectivity index (χ4v) is 6.01. The molecule has 8 nitrogen and oxygen atoms in total. The molecule has 178 valence electrons. The molecule has 0 radical (unpaired) electrons. The standard InChI is InChI=1S/C24H32N4O4S/c1-17-16-18(2)20(4)23(19(17)3)33(31,32)28-14-12-27(13-15-28)22(29)10-11-25-24(30)26-21-8-6-5-7-9-21/h5-9,16H,10-15H2,1-4H3,(H2,25,26,30). The van der Waals surface area contributed by atoms with Crippen LogP contribution in [0.3, 0.4) is 0 Å². The third kappa shape index (κ3) is 5.72. The molecule has 1 fully saturated rings. The van der Waals surface area contributed by atoms with Gasteiger partial charge < -0.3 is 15.5 Å². The smallest absolute Gasteiger partial charge is 0.319 e. The van der Waals surface area contributed by atoms with Gasteiger partial charge in [-0.1, -0.05) is 24.3 Å². The first kappa shape index (κ1) is 24.7. The van der Waals surface area contributed by atoms with Crippen LogP contribution in [0.1, 0.15) is 28.7 Å². The van der Waals surface area contributed by atoms with Gasteiger partial charge in [-0.25, -0.2) is 13.2 Å². The highest BCUT2D eigenvalue weighted by Gasteiger charge is 2.32. The summed E-state index contributed by atoms with van der Waals surface area (Å²) in [7, 11) is -3.65. The topological polar surface area (TPSA) is 98.8 Å². The molecule has 2 aromatic rings. The van der Waals surface area contributed by atoms with E-state index >= 15 is 0 Å². The maximum atomic E-state index is 13.4. The van der Waals surface area contributed by atoms with Crippen molar-refractivity contribution in [2.45, 2.75) is 39.0 Å². The van der Waals surface area contributed by atoms with Crippen LogP contribution < -0.4 is 10.6 Å². The number of carbonyl (C=O) groups is 2. The lowest BCUT2D eigenvalue weighted by Gasteiger charge is -2.35. The molecule has 9 heteroatoms. The zero-order valence-electron chi connectivity index (χ0n) is 19.6. The first-order valence-corrected chi connectivity index (χ1v) is 12.5. The second-order valence-corrected chi connectivity index (χ2v) is 10.2. The maximum Gasteiger partial charge on any atom is 0.319 e. The Balaban J connectivity index is 1.52. The highest BCUT2D eigenvalue weighted by atomic mass is 32.2. The first-order valence-electron chi connectivity index (χ1n) is 11.1. The number of sulfonamides is 1. The van der Waals surface area contributed by atoms with Gasteiger partial charge in [0.15, 0.2) is 0 Å². The van der Waals surface area contributed by atoms with Gasteiger partial charge in [0.05, 0.1) is 4.90 Å². The SMILES string of the molecule is Cc1cc(C)c(C)c(S(=O)(=O)N2CCN(C(=O)CCNC(=O)Nc3ccccc3)CC2)c1C. The Kier molecular flexibility index (Phi) is 7.76. The number of anilines is 1. The normalized spacial score (nSPS) is 14.7. The molecule has 1 aliphatic rings. The van der Waals surface area contributed by atoms with Gasteiger partial charge in [-0.05, 0) is 62.1 Å². The molecule has 3 amide bonds. The van der Waals surface area contributed by atoms with Crippen molar-refractivity contribution in [3.8, 4) is 0 Å². The number of carbonyl (C=O) groups excluding carboxylic acids is 2. The molecular formula is C24H32N4O4S. The molecule has 1 saturated heterocycles. The van der Waals surface area contributed by atoms with Gasteiger partial charge in [-0.2, -0.15) is 4.31 Å². The van der Waals surface area contributed by atoms with E-state index in [4.69, 9.17) is 0 Å². The Morgan fingerprint density at radius 3 is 2.06 bits per heavy atom. The molecular weight excluding hydrogens is 440 g/mol. The van der Waals surface area contributed by atoms with Crippen molar-refractivity contribution in [2.75, 3.05) is 38.0 Å². The van der Waals surface area contributed by atoms with Gasteiger partial charge in [0, 0.05) is 44.8 Å². The van der Waals surface area contributed by atoms with E-state index in [1.54, 1.807) is 17.0 Å². The summed E-state index contributed by atoms with van der Waals surface area (Å²) >= 11 is 0. The average Bonchev–Trinajstić information content (AvgIpc) is 2.78. The highest BCUT2D eigenvalue weighted by Crippen LogP contribution is 2.29. The lowest BCUT2D eigenvalue weighted by molar-refractivity contribution is -0.132. The Hall–Kier alpha value is -2.91. The van der Waals surface area contributed by atoms with Crippen molar-refractivity contribution in [3.63, 3.8) is 0 Å². The van der Waals surface area contributed by atoms with E-state index in [1.807, 2.05) is 52.0 Å². The minimum absolute atomic E-state index is 0.106. The summed E-state index contributed by atoms with van der Waals surface area (Å²) in [5, 5.41) is 5.38. The number of rotatable bonds is 6. The molecule has 0 aromatic heterocycles. The number of urea groups is 1. The molecule has 0 spiro atoms. The number of nitrogens with one attached hydrogen (secondary N) is 2. The summed E-state index contributed by atoms with van der Waals surface area (Å²) < 4.78 is 28.2. The van der Waals surface area contributed by atoms with Crippen LogP contribution in [0.5, 0.6) is 0 Å². The van der Waals surface area contributed by atoms with Crippen LogP contribution in [0, 0.1) is 27.7 Å². The molecule has 1 heterocycles. The summed E-state index contributed by atoms with van der Waals surface area (Å²) in [4.78, 5) is 26.5. The number of nitrogens with zero attached hydrogens (tertiary/aromatic N) is 2. The van der Waals surface area contributed by atoms with Crippen molar-refractivity contribution >= 4 is 27.6 Å². The lowest BCUT2D eigenvalue weighted by Crippen LogP contribution is -2.51. The predicted molar refractivity (Wildman–Crippen MR) is 129 cm³/mol. The van der Waals surface area contributed by atoms with Gasteiger partial charge in [0.2, 0.25) is 15.9 Å². The zero-order chi connectivity index (χ0) is 24.2. The molecule has 0 atom stereocenters. The molecule has 1 aliphatic heterocycles. The molecule has 2 N–H and O–H groups in total. The molecule has 0 aliphatic carbocycles. The Morgan fingerprint density at radius 2 is 1.48 bits per heavy atom. The van der Waals surface area contributed by atoms with E-state index in [9.17, 15) is 18.0 Å². The number of para-hydroxylation sites is 1. The Labute approximate surface area is 196 Å². The summed E-state index contributed by atoms with van der Waals surface area (Å²) in [6.07, 6.45) is 0.157. The summed E-state index contributed by atoms with van der Waals surface area (Å²) in [5.74, 6) is -0.106. The van der Waals surface area contributed by atoms with E-state index in [1.165, 1.54) is 4.31 Å². The monoisotopic (exact) mass is 472 g/mol. The fraction of sp³-hybridized carbons (Fsp3) is 0.417. The van der Waals surface area contributed by atoms with E-state index < -0.39 is 10.0 Å². The van der Waals surface area contributed by atoms with Crippen molar-refractivity contribution in [1.29, 1.82) is 0 Å². The number of amides is 3. The first-order chi connectivity index (χ1) is 15.6. The van der Waals surface area contributed by atoms with Crippen molar-refractivity contribution in [3.05, 3.63) is 58.7 Å². The van der Waals surface area contributed by atoms with Crippen LogP contribution >= 0.6 is 0 Å². The molecule has 33 heavy (non-hydrogen) atoms. The van der Waals surface area contributed by atoms with E-state index in [-0.39, 0.29) is 38.0 Å². The van der Waals surface area contributed by atoms with E-state index in [0.717, 1.165) is 22.3 Å². The molecule has 3 rings (SSSR count). The van der Waals surface area contributed by atoms with Crippen LogP contribution in [-0.4, -0.2) is 62.3 Å². The minimum atomic E-state index is -3.65. The largest absolute Gasteiger partial charge is 0.340 e. The predicted octanol–water partition coefficient (Wildman–Crippen LogP) is 2.96. The average molecular weight is 473 g/mol. The number of piperazine rings is 1. The fourth-order valence-electron chi connectivity index (χ4n) is 4.01. The number of benzene rings is 2. The summed E-state index contributed by atoms with van der Waals surface area (Å²) in [5.41, 5.74) is 4.13. The van der Waals surface area contributed by atoms with Crippen LogP contribution in [0.2, 0.25) is 0 Å². The van der Waals surface area contributed by atoms with Gasteiger partial charge in [-0.15, -0.1) is 0 Å². The number of aryl methyl sites for hydroxylation is 2. The van der Waals surface area contributed by atoms with Crippen LogP contribution in [0.15, 0.2) is 41.3 Å². The van der Waals surface area contributed by atoms with Gasteiger partial charge in [0.1, 0.15) is 0 Å². The summed E-state index contributed by atoms with van der Waals surface area (Å²) in [6, 6.07) is 10.7. The minimum Gasteiger partial charge on any atom is -0.340 e. The number of hydrogen-bond acceptors (Lipinski definition) is 4. The van der Waals surface area contributed by atoms with Crippen molar-refractivity contribution in [1.82, 2.24) is 14.5 Å². The Morgan fingerprint density at radius 1 is 0.909 bits per heavy atom. The zero-order valence-corrected chi connectivity index (χ0v) is 20.5. The lowest BCUT2D eigenvalue weighted by atomic mass is 10.0. The molecule has 0 bridgehead atoms. The maximum absolute atomic E-state index is 13.4. The molecule has 0 saturated carbocycles. The van der Waals surface area contributed by atoms with Crippen LogP contribution in [-0.2, 0) is 14.8 Å². The number of hydrogen-bond donors (Lipinski definition) is 2.